The van der Waals surface area contributed by atoms with Crippen molar-refractivity contribution in [2.24, 2.45) is 5.92 Å². The fourth-order valence-electron chi connectivity index (χ4n) is 2.40. The first-order valence-corrected chi connectivity index (χ1v) is 5.22. The lowest BCUT2D eigenvalue weighted by molar-refractivity contribution is -0.0726. The van der Waals surface area contributed by atoms with E-state index in [1.54, 1.807) is 0 Å². The van der Waals surface area contributed by atoms with Gasteiger partial charge in [-0.3, -0.25) is 4.90 Å². The maximum absolute atomic E-state index is 5.46. The highest BCUT2D eigenvalue weighted by Gasteiger charge is 2.29. The molecule has 2 nitrogen and oxygen atoms in total. The van der Waals surface area contributed by atoms with Crippen molar-refractivity contribution < 1.29 is 4.74 Å². The van der Waals surface area contributed by atoms with E-state index < -0.39 is 0 Å². The largest absolute Gasteiger partial charge is 0.366 e. The Hall–Kier alpha value is -0.0800. The van der Waals surface area contributed by atoms with E-state index in [0.717, 1.165) is 25.3 Å². The maximum Gasteiger partial charge on any atom is 0.0992 e. The highest BCUT2D eigenvalue weighted by Crippen LogP contribution is 2.27. The Labute approximate surface area is 74.9 Å². The van der Waals surface area contributed by atoms with Gasteiger partial charge in [-0.1, -0.05) is 13.3 Å². The van der Waals surface area contributed by atoms with Gasteiger partial charge >= 0.3 is 0 Å². The Morgan fingerprint density at radius 3 is 3.08 bits per heavy atom. The van der Waals surface area contributed by atoms with Gasteiger partial charge in [0, 0.05) is 19.2 Å². The summed E-state index contributed by atoms with van der Waals surface area (Å²) in [4.78, 5) is 2.53. The van der Waals surface area contributed by atoms with Gasteiger partial charge in [0.15, 0.2) is 0 Å². The van der Waals surface area contributed by atoms with Crippen molar-refractivity contribution in [1.82, 2.24) is 4.90 Å². The molecule has 0 amide bonds. The van der Waals surface area contributed by atoms with Gasteiger partial charge in [0.25, 0.3) is 0 Å². The van der Waals surface area contributed by atoms with Crippen LogP contribution in [0.15, 0.2) is 0 Å². The molecule has 0 aromatic rings. The predicted octanol–water partition coefficient (Wildman–Crippen LogP) is 1.85. The van der Waals surface area contributed by atoms with Crippen LogP contribution in [0.5, 0.6) is 0 Å². The van der Waals surface area contributed by atoms with Crippen molar-refractivity contribution in [1.29, 1.82) is 0 Å². The second-order valence-corrected chi connectivity index (χ2v) is 4.10. The normalized spacial score (nSPS) is 37.8. The first-order chi connectivity index (χ1) is 5.90. The molecule has 0 aromatic heterocycles. The number of fused-ring (bicyclic) bond motifs is 1. The number of ether oxygens (including phenoxy) is 1. The molecule has 2 heteroatoms. The molecule has 2 atom stereocenters. The highest BCUT2D eigenvalue weighted by atomic mass is 16.5. The molecule has 70 valence electrons. The van der Waals surface area contributed by atoms with Crippen molar-refractivity contribution in [2.75, 3.05) is 19.9 Å². The maximum atomic E-state index is 5.46. The summed E-state index contributed by atoms with van der Waals surface area (Å²) in [5, 5.41) is 0. The fraction of sp³-hybridized carbons (Fsp3) is 1.00. The van der Waals surface area contributed by atoms with Gasteiger partial charge in [-0.05, 0) is 25.2 Å². The highest BCUT2D eigenvalue weighted by molar-refractivity contribution is 4.81. The predicted molar refractivity (Wildman–Crippen MR) is 48.9 cm³/mol. The lowest BCUT2D eigenvalue weighted by atomic mass is 9.90. The molecule has 2 fully saturated rings. The van der Waals surface area contributed by atoms with Crippen LogP contribution in [-0.2, 0) is 4.74 Å². The summed E-state index contributed by atoms with van der Waals surface area (Å²) in [5.41, 5.74) is 0. The average Bonchev–Trinajstić information content (AvgIpc) is 2.17. The van der Waals surface area contributed by atoms with Crippen LogP contribution in [0.3, 0.4) is 0 Å². The lowest BCUT2D eigenvalue weighted by Gasteiger charge is -2.42. The molecule has 2 rings (SSSR count). The molecule has 0 radical (unpaired) electrons. The van der Waals surface area contributed by atoms with Crippen molar-refractivity contribution in [2.45, 2.75) is 38.6 Å². The van der Waals surface area contributed by atoms with E-state index in [9.17, 15) is 0 Å². The molecule has 0 aliphatic carbocycles. The smallest absolute Gasteiger partial charge is 0.0992 e. The van der Waals surface area contributed by atoms with Gasteiger partial charge in [0.1, 0.15) is 0 Å². The molecule has 2 aliphatic heterocycles. The molecule has 2 heterocycles. The van der Waals surface area contributed by atoms with E-state index in [1.165, 1.54) is 32.2 Å². The second-order valence-electron chi connectivity index (χ2n) is 4.10. The summed E-state index contributed by atoms with van der Waals surface area (Å²) in [6.07, 6.45) is 5.44. The SMILES string of the molecule is CCC1CCC2CCOCN2C1. The molecule has 2 saturated heterocycles. The van der Waals surface area contributed by atoms with Gasteiger partial charge in [-0.15, -0.1) is 0 Å². The number of hydrogen-bond donors (Lipinski definition) is 0. The minimum Gasteiger partial charge on any atom is -0.366 e. The summed E-state index contributed by atoms with van der Waals surface area (Å²) in [6, 6.07) is 0.849. The zero-order chi connectivity index (χ0) is 8.39. The summed E-state index contributed by atoms with van der Waals surface area (Å²) in [6.45, 7) is 5.45. The van der Waals surface area contributed by atoms with E-state index in [4.69, 9.17) is 4.74 Å². The summed E-state index contributed by atoms with van der Waals surface area (Å²) >= 11 is 0. The molecule has 2 aliphatic rings. The van der Waals surface area contributed by atoms with Crippen LogP contribution in [0.1, 0.15) is 32.6 Å². The van der Waals surface area contributed by atoms with Gasteiger partial charge in [0.2, 0.25) is 0 Å². The van der Waals surface area contributed by atoms with Crippen LogP contribution in [0.2, 0.25) is 0 Å². The minimum atomic E-state index is 0.849. The van der Waals surface area contributed by atoms with Crippen LogP contribution in [0.25, 0.3) is 0 Å². The Bertz CT molecular complexity index is 149. The number of rotatable bonds is 1. The molecule has 0 N–H and O–H groups in total. The summed E-state index contributed by atoms with van der Waals surface area (Å²) in [7, 11) is 0. The quantitative estimate of drug-likeness (QED) is 0.594. The Morgan fingerprint density at radius 2 is 2.25 bits per heavy atom. The van der Waals surface area contributed by atoms with Crippen molar-refractivity contribution >= 4 is 0 Å². The van der Waals surface area contributed by atoms with E-state index in [1.807, 2.05) is 0 Å². The first-order valence-electron chi connectivity index (χ1n) is 5.22. The molecule has 12 heavy (non-hydrogen) atoms. The van der Waals surface area contributed by atoms with Gasteiger partial charge in [0.05, 0.1) is 6.73 Å². The second kappa shape index (κ2) is 3.75. The molecular formula is C10H19NO. The van der Waals surface area contributed by atoms with E-state index >= 15 is 0 Å². The van der Waals surface area contributed by atoms with Crippen LogP contribution in [0, 0.1) is 5.92 Å². The average molecular weight is 169 g/mol. The molecule has 0 aromatic carbocycles. The van der Waals surface area contributed by atoms with Crippen LogP contribution in [0.4, 0.5) is 0 Å². The van der Waals surface area contributed by atoms with Gasteiger partial charge in [-0.25, -0.2) is 0 Å². The third-order valence-electron chi connectivity index (χ3n) is 3.35. The third-order valence-corrected chi connectivity index (χ3v) is 3.35. The topological polar surface area (TPSA) is 12.5 Å². The number of nitrogens with zero attached hydrogens (tertiary/aromatic N) is 1. The summed E-state index contributed by atoms with van der Waals surface area (Å²) in [5.74, 6) is 0.933. The zero-order valence-corrected chi connectivity index (χ0v) is 7.96. The number of piperidine rings is 1. The molecule has 2 unspecified atom stereocenters. The molecule has 0 saturated carbocycles. The van der Waals surface area contributed by atoms with Crippen LogP contribution >= 0.6 is 0 Å². The van der Waals surface area contributed by atoms with Gasteiger partial charge < -0.3 is 4.74 Å². The molecule has 0 bridgehead atoms. The van der Waals surface area contributed by atoms with E-state index in [0.29, 0.717) is 0 Å². The lowest BCUT2D eigenvalue weighted by Crippen LogP contribution is -2.47. The van der Waals surface area contributed by atoms with Crippen molar-refractivity contribution in [3.63, 3.8) is 0 Å². The zero-order valence-electron chi connectivity index (χ0n) is 7.96. The summed E-state index contributed by atoms with van der Waals surface area (Å²) < 4.78 is 5.46. The molecular weight excluding hydrogens is 150 g/mol. The third kappa shape index (κ3) is 1.64. The monoisotopic (exact) mass is 169 g/mol. The van der Waals surface area contributed by atoms with Crippen molar-refractivity contribution in [3.8, 4) is 0 Å². The van der Waals surface area contributed by atoms with Crippen LogP contribution in [-0.4, -0.2) is 30.8 Å². The first kappa shape index (κ1) is 8.52. The Balaban J connectivity index is 1.90. The van der Waals surface area contributed by atoms with E-state index in [-0.39, 0.29) is 0 Å². The standard InChI is InChI=1S/C10H19NO/c1-2-9-3-4-10-5-6-12-8-11(10)7-9/h9-10H,2-8H2,1H3. The Morgan fingerprint density at radius 1 is 1.33 bits per heavy atom. The molecule has 0 spiro atoms. The Kier molecular flexibility index (Phi) is 2.66. The van der Waals surface area contributed by atoms with E-state index in [2.05, 4.69) is 11.8 Å². The number of hydrogen-bond acceptors (Lipinski definition) is 2. The fourth-order valence-corrected chi connectivity index (χ4v) is 2.40. The van der Waals surface area contributed by atoms with Crippen molar-refractivity contribution in [3.05, 3.63) is 0 Å². The van der Waals surface area contributed by atoms with Gasteiger partial charge in [-0.2, -0.15) is 0 Å². The minimum absolute atomic E-state index is 0.849. The van der Waals surface area contributed by atoms with Crippen LogP contribution < -0.4 is 0 Å².